The number of rotatable bonds is 3. The molecule has 4 heteroatoms. The van der Waals surface area contributed by atoms with Crippen LogP contribution in [0.15, 0.2) is 18.2 Å². The maximum Gasteiger partial charge on any atom is 0.201 e. The highest BCUT2D eigenvalue weighted by Crippen LogP contribution is 2.43. The van der Waals surface area contributed by atoms with Gasteiger partial charge in [0.15, 0.2) is 0 Å². The quantitative estimate of drug-likeness (QED) is 0.922. The number of hydrogen-bond acceptors (Lipinski definition) is 3. The molecular formula is C17H25N3O. The van der Waals surface area contributed by atoms with E-state index in [9.17, 15) is 0 Å². The Kier molecular flexibility index (Phi) is 3.56. The van der Waals surface area contributed by atoms with Crippen LogP contribution in [0.4, 0.5) is 5.95 Å². The lowest BCUT2D eigenvalue weighted by atomic mass is 9.75. The molecule has 0 spiro atoms. The van der Waals surface area contributed by atoms with Gasteiger partial charge in [-0.25, -0.2) is 4.98 Å². The summed E-state index contributed by atoms with van der Waals surface area (Å²) in [4.78, 5) is 4.57. The van der Waals surface area contributed by atoms with E-state index in [4.69, 9.17) is 10.5 Å². The van der Waals surface area contributed by atoms with Crippen molar-refractivity contribution in [2.75, 3.05) is 12.3 Å². The highest BCUT2D eigenvalue weighted by atomic mass is 16.5. The molecule has 0 saturated heterocycles. The molecule has 0 aliphatic heterocycles. The fourth-order valence-corrected chi connectivity index (χ4v) is 3.64. The molecule has 1 aromatic heterocycles. The third-order valence-corrected chi connectivity index (χ3v) is 4.55. The van der Waals surface area contributed by atoms with Gasteiger partial charge in [0.25, 0.3) is 0 Å². The average molecular weight is 287 g/mol. The number of nitrogens with zero attached hydrogens (tertiary/aromatic N) is 2. The summed E-state index contributed by atoms with van der Waals surface area (Å²) in [5.74, 6) is 1.44. The molecule has 0 amide bonds. The second-order valence-corrected chi connectivity index (χ2v) is 6.81. The van der Waals surface area contributed by atoms with Crippen molar-refractivity contribution in [2.24, 2.45) is 5.41 Å². The van der Waals surface area contributed by atoms with Gasteiger partial charge in [0.2, 0.25) is 5.95 Å². The monoisotopic (exact) mass is 287 g/mol. The molecule has 1 unspecified atom stereocenters. The Balaban J connectivity index is 2.06. The lowest BCUT2D eigenvalue weighted by Crippen LogP contribution is -2.25. The zero-order valence-electron chi connectivity index (χ0n) is 13.2. The van der Waals surface area contributed by atoms with E-state index < -0.39 is 0 Å². The number of nitrogen functional groups attached to an aromatic ring is 1. The summed E-state index contributed by atoms with van der Waals surface area (Å²) in [6.45, 7) is 7.32. The van der Waals surface area contributed by atoms with Gasteiger partial charge in [-0.15, -0.1) is 0 Å². The van der Waals surface area contributed by atoms with Gasteiger partial charge in [0.1, 0.15) is 11.3 Å². The Morgan fingerprint density at radius 2 is 2.24 bits per heavy atom. The van der Waals surface area contributed by atoms with Crippen LogP contribution in [0.25, 0.3) is 11.0 Å². The molecule has 1 aliphatic carbocycles. The van der Waals surface area contributed by atoms with Gasteiger partial charge in [-0.2, -0.15) is 0 Å². The minimum absolute atomic E-state index is 0.378. The van der Waals surface area contributed by atoms with Crippen LogP contribution in [0.5, 0.6) is 5.75 Å². The van der Waals surface area contributed by atoms with Crippen molar-refractivity contribution in [3.8, 4) is 5.75 Å². The first-order valence-corrected chi connectivity index (χ1v) is 7.91. The van der Waals surface area contributed by atoms with E-state index in [0.717, 1.165) is 23.2 Å². The molecule has 2 N–H and O–H groups in total. The number of imidazole rings is 1. The first-order valence-electron chi connectivity index (χ1n) is 7.91. The van der Waals surface area contributed by atoms with Crippen LogP contribution in [-0.2, 0) is 0 Å². The Morgan fingerprint density at radius 3 is 2.95 bits per heavy atom. The summed E-state index contributed by atoms with van der Waals surface area (Å²) in [7, 11) is 0. The van der Waals surface area contributed by atoms with Gasteiger partial charge in [0.05, 0.1) is 12.1 Å². The number of anilines is 1. The molecule has 4 nitrogen and oxygen atoms in total. The smallest absolute Gasteiger partial charge is 0.201 e. The SMILES string of the molecule is CCOc1cccc2c1nc(N)n2C1CCCC(C)(C)C1. The van der Waals surface area contributed by atoms with Crippen molar-refractivity contribution in [1.29, 1.82) is 0 Å². The molecule has 1 atom stereocenters. The summed E-state index contributed by atoms with van der Waals surface area (Å²) in [6, 6.07) is 6.53. The highest BCUT2D eigenvalue weighted by molar-refractivity contribution is 5.84. The first-order chi connectivity index (χ1) is 10.0. The fourth-order valence-electron chi connectivity index (χ4n) is 3.64. The van der Waals surface area contributed by atoms with Crippen LogP contribution >= 0.6 is 0 Å². The summed E-state index contributed by atoms with van der Waals surface area (Å²) in [6.07, 6.45) is 4.88. The van der Waals surface area contributed by atoms with Crippen molar-refractivity contribution in [2.45, 2.75) is 52.5 Å². The van der Waals surface area contributed by atoms with Gasteiger partial charge >= 0.3 is 0 Å². The minimum Gasteiger partial charge on any atom is -0.492 e. The third kappa shape index (κ3) is 2.59. The molecule has 21 heavy (non-hydrogen) atoms. The standard InChI is InChI=1S/C17H25N3O/c1-4-21-14-9-5-8-13-15(14)19-16(18)20(13)12-7-6-10-17(2,3)11-12/h5,8-9,12H,4,6-7,10-11H2,1-3H3,(H2,18,19). The number of benzene rings is 1. The zero-order valence-corrected chi connectivity index (χ0v) is 13.2. The lowest BCUT2D eigenvalue weighted by Gasteiger charge is -2.36. The van der Waals surface area contributed by atoms with Crippen LogP contribution in [0, 0.1) is 5.41 Å². The summed E-state index contributed by atoms with van der Waals surface area (Å²) >= 11 is 0. The number of hydrogen-bond donors (Lipinski definition) is 1. The maximum absolute atomic E-state index is 6.23. The molecule has 0 radical (unpaired) electrons. The fraction of sp³-hybridized carbons (Fsp3) is 0.588. The van der Waals surface area contributed by atoms with Gasteiger partial charge in [-0.05, 0) is 43.7 Å². The third-order valence-electron chi connectivity index (χ3n) is 4.55. The van der Waals surface area contributed by atoms with E-state index in [1.54, 1.807) is 0 Å². The normalized spacial score (nSPS) is 21.6. The molecule has 1 saturated carbocycles. The molecule has 0 bridgehead atoms. The summed E-state index contributed by atoms with van der Waals surface area (Å²) < 4.78 is 7.91. The number of para-hydroxylation sites is 1. The summed E-state index contributed by atoms with van der Waals surface area (Å²) in [5.41, 5.74) is 8.60. The van der Waals surface area contributed by atoms with Crippen molar-refractivity contribution in [1.82, 2.24) is 9.55 Å². The maximum atomic E-state index is 6.23. The zero-order chi connectivity index (χ0) is 15.0. The van der Waals surface area contributed by atoms with E-state index in [2.05, 4.69) is 29.5 Å². The largest absolute Gasteiger partial charge is 0.492 e. The molecular weight excluding hydrogens is 262 g/mol. The Morgan fingerprint density at radius 1 is 1.43 bits per heavy atom. The molecule has 1 heterocycles. The number of nitrogens with two attached hydrogens (primary N) is 1. The van der Waals surface area contributed by atoms with Gasteiger partial charge in [0, 0.05) is 6.04 Å². The molecule has 1 aromatic carbocycles. The highest BCUT2D eigenvalue weighted by Gasteiger charge is 2.31. The van der Waals surface area contributed by atoms with Gasteiger partial charge < -0.3 is 15.0 Å². The molecule has 1 aliphatic rings. The van der Waals surface area contributed by atoms with E-state index in [-0.39, 0.29) is 0 Å². The topological polar surface area (TPSA) is 53.1 Å². The van der Waals surface area contributed by atoms with Crippen molar-refractivity contribution < 1.29 is 4.74 Å². The predicted octanol–water partition coefficient (Wildman–Crippen LogP) is 4.16. The lowest BCUT2D eigenvalue weighted by molar-refractivity contribution is 0.187. The van der Waals surface area contributed by atoms with Gasteiger partial charge in [-0.1, -0.05) is 26.3 Å². The number of fused-ring (bicyclic) bond motifs is 1. The molecule has 2 aromatic rings. The molecule has 114 valence electrons. The van der Waals surface area contributed by atoms with Crippen LogP contribution in [0.3, 0.4) is 0 Å². The Hall–Kier alpha value is -1.71. The second kappa shape index (κ2) is 5.24. The first kappa shape index (κ1) is 14.2. The van der Waals surface area contributed by atoms with E-state index >= 15 is 0 Å². The van der Waals surface area contributed by atoms with Crippen molar-refractivity contribution in [3.63, 3.8) is 0 Å². The molecule has 3 rings (SSSR count). The van der Waals surface area contributed by atoms with Crippen molar-refractivity contribution >= 4 is 17.0 Å². The van der Waals surface area contributed by atoms with Crippen molar-refractivity contribution in [3.05, 3.63) is 18.2 Å². The second-order valence-electron chi connectivity index (χ2n) is 6.81. The van der Waals surface area contributed by atoms with Crippen LogP contribution in [0.1, 0.15) is 52.5 Å². The van der Waals surface area contributed by atoms with Crippen LogP contribution in [-0.4, -0.2) is 16.2 Å². The number of aromatic nitrogens is 2. The predicted molar refractivity (Wildman–Crippen MR) is 86.6 cm³/mol. The van der Waals surface area contributed by atoms with Crippen LogP contribution < -0.4 is 10.5 Å². The minimum atomic E-state index is 0.378. The van der Waals surface area contributed by atoms with E-state index in [1.807, 2.05) is 19.1 Å². The van der Waals surface area contributed by atoms with Crippen LogP contribution in [0.2, 0.25) is 0 Å². The van der Waals surface area contributed by atoms with E-state index in [0.29, 0.717) is 24.0 Å². The summed E-state index contributed by atoms with van der Waals surface area (Å²) in [5, 5.41) is 0. The number of ether oxygens (including phenoxy) is 1. The van der Waals surface area contributed by atoms with Gasteiger partial charge in [-0.3, -0.25) is 0 Å². The molecule has 1 fully saturated rings. The van der Waals surface area contributed by atoms with E-state index in [1.165, 1.54) is 19.3 Å². The Bertz CT molecular complexity index is 645. The average Bonchev–Trinajstić information content (AvgIpc) is 2.75. The Labute approximate surface area is 126 Å².